The number of nitrogens with zero attached hydrogens (tertiary/aromatic N) is 2. The van der Waals surface area contributed by atoms with Gasteiger partial charge in [-0.25, -0.2) is 4.70 Å². The lowest BCUT2D eigenvalue weighted by Gasteiger charge is -2.14. The summed E-state index contributed by atoms with van der Waals surface area (Å²) in [7, 11) is 0. The standard InChI is InChI=1S/C81H134N2/c1-4-7-10-12-14-16-18-20-22-24-26-28-30-32-34-36-38-40-42-44-46-48-50-52-54-56-58-61-67-75-69-63-65-72-78(75)80-74-77(71-60-9-6-3)81(83(80)82)79-73-66-64-70-76(79)68-62-59-57-55-53-51-49-47-45-43-41-39-37-35-33-31-29-27-25-23-21-19-17-15-13-11-8-5-2/h63-66,69-70,72-74H,4-55,60-62,67-68,71H2,1-3H3. The Morgan fingerprint density at radius 2 is 0.530 bits per heavy atom. The maximum Gasteiger partial charge on any atom is 0.211 e. The van der Waals surface area contributed by atoms with Crippen molar-refractivity contribution in [3.05, 3.63) is 88.0 Å². The zero-order chi connectivity index (χ0) is 58.8. The van der Waals surface area contributed by atoms with Gasteiger partial charge in [-0.3, -0.25) is 0 Å². The van der Waals surface area contributed by atoms with E-state index in [2.05, 4.69) is 99.1 Å². The molecule has 0 spiro atoms. The maximum absolute atomic E-state index is 12.1. The quantitative estimate of drug-likeness (QED) is 0.0358. The van der Waals surface area contributed by atoms with Crippen molar-refractivity contribution in [2.24, 2.45) is 0 Å². The van der Waals surface area contributed by atoms with E-state index in [1.165, 1.54) is 342 Å². The summed E-state index contributed by atoms with van der Waals surface area (Å²) >= 11 is 0. The van der Waals surface area contributed by atoms with E-state index >= 15 is 0 Å². The first-order valence-electron chi connectivity index (χ1n) is 37.2. The first kappa shape index (κ1) is 73.9. The Morgan fingerprint density at radius 1 is 0.277 bits per heavy atom. The van der Waals surface area contributed by atoms with Crippen LogP contribution in [-0.2, 0) is 12.8 Å². The van der Waals surface area contributed by atoms with Crippen LogP contribution in [0.2, 0.25) is 0 Å². The van der Waals surface area contributed by atoms with Crippen molar-refractivity contribution in [3.63, 3.8) is 0 Å². The zero-order valence-corrected chi connectivity index (χ0v) is 55.6. The second kappa shape index (κ2) is 56.4. The number of hydrogen-bond acceptors (Lipinski definition) is 0. The summed E-state index contributed by atoms with van der Waals surface area (Å²) in [6.45, 7) is 6.89. The molecule has 1 aliphatic heterocycles. The highest BCUT2D eigenvalue weighted by molar-refractivity contribution is 5.80. The third-order valence-electron chi connectivity index (χ3n) is 18.3. The van der Waals surface area contributed by atoms with Gasteiger partial charge < -0.3 is 5.53 Å². The zero-order valence-electron chi connectivity index (χ0n) is 55.6. The predicted octanol–water partition coefficient (Wildman–Crippen LogP) is 27.5. The number of aryl methyl sites for hydroxylation is 2. The third kappa shape index (κ3) is 39.9. The number of hydrogen-bond donors (Lipinski definition) is 0. The fourth-order valence-electron chi connectivity index (χ4n) is 12.8. The Kier molecular flexibility index (Phi) is 50.3. The molecule has 0 aliphatic carbocycles. The van der Waals surface area contributed by atoms with E-state index in [0.29, 0.717) is 0 Å². The Labute approximate surface area is 518 Å². The molecule has 0 atom stereocenters. The summed E-state index contributed by atoms with van der Waals surface area (Å²) in [6, 6.07) is 17.4. The van der Waals surface area contributed by atoms with Crippen LogP contribution >= 0.6 is 0 Å². The van der Waals surface area contributed by atoms with Gasteiger partial charge in [0.25, 0.3) is 0 Å². The van der Waals surface area contributed by atoms with Gasteiger partial charge >= 0.3 is 0 Å². The van der Waals surface area contributed by atoms with Gasteiger partial charge in [-0.15, -0.1) is 23.7 Å². The molecule has 2 heteroatoms. The SMILES string of the molecule is CCCCCCCCCCCCCCCCCCCCCCCCCCC#CCCc1ccccc1C1=CC(CCCCC)=C(c2ccccc2CCC#CCCCCCCCCCCCCCCCCCCCCCCCCCC)[N+]1=[N-]. The Morgan fingerprint density at radius 3 is 0.855 bits per heavy atom. The molecule has 0 amide bonds. The van der Waals surface area contributed by atoms with Crippen molar-refractivity contribution in [1.29, 1.82) is 0 Å². The van der Waals surface area contributed by atoms with E-state index in [1.54, 1.807) is 0 Å². The molecule has 0 aromatic heterocycles. The van der Waals surface area contributed by atoms with Gasteiger partial charge in [-0.2, -0.15) is 0 Å². The van der Waals surface area contributed by atoms with Crippen LogP contribution in [0.15, 0.2) is 60.2 Å². The van der Waals surface area contributed by atoms with Crippen molar-refractivity contribution in [2.75, 3.05) is 0 Å². The Bertz CT molecular complexity index is 2010. The van der Waals surface area contributed by atoms with Crippen molar-refractivity contribution in [2.45, 2.75) is 393 Å². The van der Waals surface area contributed by atoms with Gasteiger partial charge in [0.2, 0.25) is 11.4 Å². The second-order valence-electron chi connectivity index (χ2n) is 26.0. The lowest BCUT2D eigenvalue weighted by Crippen LogP contribution is -2.06. The van der Waals surface area contributed by atoms with Crippen LogP contribution in [0.3, 0.4) is 0 Å². The fraction of sp³-hybridized carbons (Fsp3) is 0.753. The maximum atomic E-state index is 12.1. The summed E-state index contributed by atoms with van der Waals surface area (Å²) in [5.74, 6) is 14.1. The normalized spacial score (nSPS) is 12.3. The van der Waals surface area contributed by atoms with Crippen LogP contribution in [0, 0.1) is 23.7 Å². The van der Waals surface area contributed by atoms with E-state index in [-0.39, 0.29) is 0 Å². The van der Waals surface area contributed by atoms with Crippen molar-refractivity contribution in [3.8, 4) is 23.7 Å². The summed E-state index contributed by atoms with van der Waals surface area (Å²) < 4.78 is 1.51. The highest BCUT2D eigenvalue weighted by Gasteiger charge is 2.31. The monoisotopic (exact) mass is 1140 g/mol. The number of allylic oxidation sites excluding steroid dienone is 2. The summed E-state index contributed by atoms with van der Waals surface area (Å²) in [5, 5.41) is 0. The minimum Gasteiger partial charge on any atom is -0.493 e. The van der Waals surface area contributed by atoms with Crippen LogP contribution in [0.25, 0.3) is 16.9 Å². The molecule has 2 aromatic rings. The van der Waals surface area contributed by atoms with E-state index in [1.807, 2.05) is 0 Å². The lowest BCUT2D eigenvalue weighted by atomic mass is 9.96. The molecule has 83 heavy (non-hydrogen) atoms. The van der Waals surface area contributed by atoms with Gasteiger partial charge in [0.1, 0.15) is 0 Å². The third-order valence-corrected chi connectivity index (χ3v) is 18.3. The molecular formula is C81H134N2. The Hall–Kier alpha value is -3.36. The van der Waals surface area contributed by atoms with E-state index in [9.17, 15) is 5.53 Å². The topological polar surface area (TPSA) is 25.3 Å². The molecule has 2 aromatic carbocycles. The molecule has 0 fully saturated rings. The molecule has 0 N–H and O–H groups in total. The highest BCUT2D eigenvalue weighted by Crippen LogP contribution is 2.40. The lowest BCUT2D eigenvalue weighted by molar-refractivity contribution is -0.344. The van der Waals surface area contributed by atoms with Gasteiger partial charge in [0, 0.05) is 48.5 Å². The molecule has 0 radical (unpaired) electrons. The summed E-state index contributed by atoms with van der Waals surface area (Å²) in [4.78, 5) is 0. The largest absolute Gasteiger partial charge is 0.493 e. The number of rotatable bonds is 58. The average Bonchev–Trinajstić information content (AvgIpc) is 3.05. The first-order valence-corrected chi connectivity index (χ1v) is 37.2. The van der Waals surface area contributed by atoms with Gasteiger partial charge in [-0.1, -0.05) is 365 Å². The van der Waals surface area contributed by atoms with Crippen molar-refractivity contribution >= 4 is 11.4 Å². The molecule has 1 aliphatic rings. The average molecular weight is 1140 g/mol. The van der Waals surface area contributed by atoms with Crippen molar-refractivity contribution in [1.82, 2.24) is 0 Å². The van der Waals surface area contributed by atoms with Crippen LogP contribution in [0.1, 0.15) is 403 Å². The molecule has 0 unspecified atom stereocenters. The van der Waals surface area contributed by atoms with Gasteiger partial charge in [0.05, 0.1) is 0 Å². The van der Waals surface area contributed by atoms with Crippen molar-refractivity contribution < 1.29 is 4.70 Å². The Balaban J connectivity index is 1.23. The summed E-state index contributed by atoms with van der Waals surface area (Å²) in [6.07, 6.45) is 80.8. The molecule has 2 nitrogen and oxygen atoms in total. The predicted molar refractivity (Wildman–Crippen MR) is 370 cm³/mol. The molecule has 0 saturated heterocycles. The number of unbranched alkanes of at least 4 members (excludes halogenated alkanes) is 50. The minimum absolute atomic E-state index is 0.850. The van der Waals surface area contributed by atoms with E-state index < -0.39 is 0 Å². The van der Waals surface area contributed by atoms with E-state index in [4.69, 9.17) is 0 Å². The van der Waals surface area contributed by atoms with Crippen LogP contribution in [0.5, 0.6) is 0 Å². The van der Waals surface area contributed by atoms with Gasteiger partial charge in [-0.05, 0) is 61.8 Å². The van der Waals surface area contributed by atoms with Crippen LogP contribution in [0.4, 0.5) is 0 Å². The summed E-state index contributed by atoms with van der Waals surface area (Å²) in [5.41, 5.74) is 20.0. The van der Waals surface area contributed by atoms with Gasteiger partial charge in [0.15, 0.2) is 0 Å². The highest BCUT2D eigenvalue weighted by atomic mass is 15.2. The fourth-order valence-corrected chi connectivity index (χ4v) is 12.8. The first-order chi connectivity index (χ1) is 41.2. The molecule has 0 saturated carbocycles. The van der Waals surface area contributed by atoms with Crippen LogP contribution < -0.4 is 0 Å². The second-order valence-corrected chi connectivity index (χ2v) is 26.0. The molecule has 468 valence electrons. The molecular weight excluding hydrogens is 1000 g/mol. The number of benzene rings is 2. The smallest absolute Gasteiger partial charge is 0.211 e. The van der Waals surface area contributed by atoms with E-state index in [0.717, 1.165) is 73.9 Å². The molecule has 0 bridgehead atoms. The molecule has 3 rings (SSSR count). The molecule has 1 heterocycles. The van der Waals surface area contributed by atoms with Crippen LogP contribution in [-0.4, -0.2) is 4.70 Å². The minimum atomic E-state index is 0.850.